The van der Waals surface area contributed by atoms with Crippen LogP contribution in [-0.2, 0) is 14.3 Å². The van der Waals surface area contributed by atoms with E-state index in [2.05, 4.69) is 5.32 Å². The Kier molecular flexibility index (Phi) is 6.01. The Bertz CT molecular complexity index is 643. The second kappa shape index (κ2) is 8.23. The molecule has 1 saturated carbocycles. The number of halogens is 4. The second-order valence-electron chi connectivity index (χ2n) is 8.78. The van der Waals surface area contributed by atoms with Gasteiger partial charge in [0.1, 0.15) is 18.9 Å². The smallest absolute Gasteiger partial charge is 0.255 e. The van der Waals surface area contributed by atoms with E-state index >= 15 is 0 Å². The third-order valence-corrected chi connectivity index (χ3v) is 7.19. The number of ether oxygens (including phenoxy) is 1. The Hall–Kier alpha value is -1.06. The van der Waals surface area contributed by atoms with Crippen LogP contribution in [-0.4, -0.2) is 84.1 Å². The Morgan fingerprint density at radius 2 is 1.90 bits per heavy atom. The van der Waals surface area contributed by atoms with Crippen LogP contribution in [0.15, 0.2) is 0 Å². The number of carbonyl (C=O) groups is 2. The minimum Gasteiger partial charge on any atom is -0.375 e. The molecule has 2 amide bonds. The molecule has 3 heterocycles. The van der Waals surface area contributed by atoms with Gasteiger partial charge in [-0.05, 0) is 38.0 Å². The standard InChI is InChI=1S/C19H27ClF3N3O3/c20-13-5-14(21)17(24-6-13)25-8-15(27)26(19(18(25)28)9-29-10-19)7-11-1-3-12(4-2-11)16(22)23/h11-14,16-17,24H,1-10H2. The molecule has 0 radical (unpaired) electrons. The van der Waals surface area contributed by atoms with Crippen LogP contribution in [0.1, 0.15) is 32.1 Å². The van der Waals surface area contributed by atoms with Crippen molar-refractivity contribution in [3.63, 3.8) is 0 Å². The van der Waals surface area contributed by atoms with Gasteiger partial charge < -0.3 is 14.5 Å². The summed E-state index contributed by atoms with van der Waals surface area (Å²) >= 11 is 5.99. The largest absolute Gasteiger partial charge is 0.375 e. The minimum absolute atomic E-state index is 0.0856. The Morgan fingerprint density at radius 3 is 2.45 bits per heavy atom. The quantitative estimate of drug-likeness (QED) is 0.681. The lowest BCUT2D eigenvalue weighted by molar-refractivity contribution is -0.203. The topological polar surface area (TPSA) is 61.9 Å². The maximum absolute atomic E-state index is 14.6. The molecule has 10 heteroatoms. The highest BCUT2D eigenvalue weighted by molar-refractivity contribution is 6.20. The van der Waals surface area contributed by atoms with Crippen molar-refractivity contribution in [3.05, 3.63) is 0 Å². The highest BCUT2D eigenvalue weighted by atomic mass is 35.5. The van der Waals surface area contributed by atoms with E-state index in [1.54, 1.807) is 4.90 Å². The lowest BCUT2D eigenvalue weighted by Gasteiger charge is -2.56. The molecule has 1 spiro atoms. The fourth-order valence-corrected chi connectivity index (χ4v) is 5.28. The zero-order valence-electron chi connectivity index (χ0n) is 16.2. The maximum atomic E-state index is 14.6. The number of hydrogen-bond acceptors (Lipinski definition) is 4. The maximum Gasteiger partial charge on any atom is 0.255 e. The Labute approximate surface area is 173 Å². The molecule has 0 aromatic heterocycles. The molecule has 29 heavy (non-hydrogen) atoms. The van der Waals surface area contributed by atoms with E-state index in [1.807, 2.05) is 0 Å². The molecular weight excluding hydrogens is 411 g/mol. The highest BCUT2D eigenvalue weighted by Gasteiger charge is 2.59. The molecule has 1 aliphatic carbocycles. The molecule has 3 atom stereocenters. The molecule has 3 aliphatic heterocycles. The fourth-order valence-electron chi connectivity index (χ4n) is 5.02. The fraction of sp³-hybridized carbons (Fsp3) is 0.895. The molecular formula is C19H27ClF3N3O3. The highest BCUT2D eigenvalue weighted by Crippen LogP contribution is 2.38. The molecule has 1 N–H and O–H groups in total. The number of rotatable bonds is 4. The van der Waals surface area contributed by atoms with Gasteiger partial charge >= 0.3 is 0 Å². The first-order chi connectivity index (χ1) is 13.8. The monoisotopic (exact) mass is 437 g/mol. The second-order valence-corrected chi connectivity index (χ2v) is 9.40. The van der Waals surface area contributed by atoms with Crippen molar-refractivity contribution < 1.29 is 27.5 Å². The van der Waals surface area contributed by atoms with E-state index in [4.69, 9.17) is 16.3 Å². The van der Waals surface area contributed by atoms with E-state index in [0.29, 0.717) is 38.8 Å². The molecule has 3 unspecified atom stereocenters. The van der Waals surface area contributed by atoms with Gasteiger partial charge in [0.05, 0.1) is 13.2 Å². The first-order valence-electron chi connectivity index (χ1n) is 10.3. The summed E-state index contributed by atoms with van der Waals surface area (Å²) in [5.74, 6) is -1.04. The van der Waals surface area contributed by atoms with Crippen LogP contribution in [0.25, 0.3) is 0 Å². The number of carbonyl (C=O) groups excluding carboxylic acids is 2. The Balaban J connectivity index is 1.46. The first kappa shape index (κ1) is 21.2. The Morgan fingerprint density at radius 1 is 1.21 bits per heavy atom. The molecule has 0 bridgehead atoms. The number of hydrogen-bond donors (Lipinski definition) is 1. The van der Waals surface area contributed by atoms with E-state index in [1.165, 1.54) is 4.90 Å². The number of nitrogens with one attached hydrogen (secondary N) is 1. The van der Waals surface area contributed by atoms with E-state index < -0.39 is 30.2 Å². The summed E-state index contributed by atoms with van der Waals surface area (Å²) in [6, 6.07) is 0. The summed E-state index contributed by atoms with van der Waals surface area (Å²) < 4.78 is 45.7. The summed E-state index contributed by atoms with van der Waals surface area (Å²) in [7, 11) is 0. The van der Waals surface area contributed by atoms with Gasteiger partial charge in [-0.15, -0.1) is 11.6 Å². The average Bonchev–Trinajstić information content (AvgIpc) is 2.64. The predicted molar refractivity (Wildman–Crippen MR) is 99.4 cm³/mol. The predicted octanol–water partition coefficient (Wildman–Crippen LogP) is 1.76. The molecule has 4 rings (SSSR count). The van der Waals surface area contributed by atoms with Crippen molar-refractivity contribution in [2.45, 2.75) is 61.8 Å². The van der Waals surface area contributed by atoms with Gasteiger partial charge in [-0.1, -0.05) is 0 Å². The van der Waals surface area contributed by atoms with Crippen molar-refractivity contribution in [2.75, 3.05) is 32.8 Å². The molecule has 4 fully saturated rings. The van der Waals surface area contributed by atoms with Crippen LogP contribution in [0.2, 0.25) is 0 Å². The van der Waals surface area contributed by atoms with Gasteiger partial charge in [-0.2, -0.15) is 0 Å². The zero-order chi connectivity index (χ0) is 20.8. The zero-order valence-corrected chi connectivity index (χ0v) is 16.9. The van der Waals surface area contributed by atoms with Crippen LogP contribution < -0.4 is 5.32 Å². The van der Waals surface area contributed by atoms with Crippen LogP contribution in [0, 0.1) is 11.8 Å². The summed E-state index contributed by atoms with van der Waals surface area (Å²) in [6.45, 7) is 0.701. The third kappa shape index (κ3) is 3.85. The van der Waals surface area contributed by atoms with Gasteiger partial charge in [0, 0.05) is 24.4 Å². The molecule has 6 nitrogen and oxygen atoms in total. The van der Waals surface area contributed by atoms with Crippen molar-refractivity contribution in [2.24, 2.45) is 11.8 Å². The van der Waals surface area contributed by atoms with Crippen molar-refractivity contribution in [1.29, 1.82) is 0 Å². The van der Waals surface area contributed by atoms with Crippen molar-refractivity contribution in [3.8, 4) is 0 Å². The summed E-state index contributed by atoms with van der Waals surface area (Å²) in [5, 5.41) is 2.60. The van der Waals surface area contributed by atoms with E-state index in [9.17, 15) is 22.8 Å². The molecule has 0 aromatic rings. The van der Waals surface area contributed by atoms with Gasteiger partial charge in [-0.25, -0.2) is 13.2 Å². The van der Waals surface area contributed by atoms with Crippen molar-refractivity contribution >= 4 is 23.4 Å². The van der Waals surface area contributed by atoms with Crippen LogP contribution in [0.3, 0.4) is 0 Å². The molecule has 0 aromatic carbocycles. The average molecular weight is 438 g/mol. The van der Waals surface area contributed by atoms with Gasteiger partial charge in [0.15, 0.2) is 5.54 Å². The molecule has 164 valence electrons. The first-order valence-corrected chi connectivity index (χ1v) is 10.7. The van der Waals surface area contributed by atoms with Crippen LogP contribution >= 0.6 is 11.6 Å². The number of piperazine rings is 1. The van der Waals surface area contributed by atoms with Gasteiger partial charge in [0.25, 0.3) is 5.91 Å². The summed E-state index contributed by atoms with van der Waals surface area (Å²) in [4.78, 5) is 29.2. The number of nitrogens with zero attached hydrogens (tertiary/aromatic N) is 2. The van der Waals surface area contributed by atoms with E-state index in [-0.39, 0.29) is 49.3 Å². The molecule has 3 saturated heterocycles. The van der Waals surface area contributed by atoms with Gasteiger partial charge in [-0.3, -0.25) is 14.9 Å². The van der Waals surface area contributed by atoms with Crippen LogP contribution in [0.5, 0.6) is 0 Å². The van der Waals surface area contributed by atoms with Gasteiger partial charge in [0.2, 0.25) is 12.3 Å². The SMILES string of the molecule is O=C1CN(C2NCC(Cl)CC2F)C(=O)C2(COC2)N1CC1CCC(C(F)F)CC1. The third-order valence-electron chi connectivity index (χ3n) is 6.86. The number of amides is 2. The lowest BCUT2D eigenvalue weighted by atomic mass is 9.80. The minimum atomic E-state index is -2.31. The number of alkyl halides is 4. The summed E-state index contributed by atoms with van der Waals surface area (Å²) in [6.07, 6.45) is -2.31. The lowest BCUT2D eigenvalue weighted by Crippen LogP contribution is -2.79. The van der Waals surface area contributed by atoms with Crippen LogP contribution in [0.4, 0.5) is 13.2 Å². The number of piperidine rings is 1. The van der Waals surface area contributed by atoms with E-state index in [0.717, 1.165) is 0 Å². The van der Waals surface area contributed by atoms with Crippen molar-refractivity contribution in [1.82, 2.24) is 15.1 Å². The molecule has 4 aliphatic rings. The normalized spacial score (nSPS) is 37.9. The summed E-state index contributed by atoms with van der Waals surface area (Å²) in [5.41, 5.74) is -1.10.